The minimum atomic E-state index is -0.155. The van der Waals surface area contributed by atoms with Gasteiger partial charge < -0.3 is 19.4 Å². The van der Waals surface area contributed by atoms with Gasteiger partial charge in [0.1, 0.15) is 11.4 Å². The van der Waals surface area contributed by atoms with Crippen molar-refractivity contribution in [3.05, 3.63) is 71.0 Å². The predicted molar refractivity (Wildman–Crippen MR) is 136 cm³/mol. The topological polar surface area (TPSA) is 70.7 Å². The summed E-state index contributed by atoms with van der Waals surface area (Å²) in [5.74, 6) is 1.44. The van der Waals surface area contributed by atoms with Crippen LogP contribution in [0.4, 0.5) is 5.69 Å². The molecule has 2 aromatic carbocycles. The smallest absolute Gasteiger partial charge is 0.249 e. The molecule has 0 atom stereocenters. The van der Waals surface area contributed by atoms with E-state index >= 15 is 0 Å². The first kappa shape index (κ1) is 22.2. The van der Waals surface area contributed by atoms with Crippen molar-refractivity contribution in [3.63, 3.8) is 0 Å². The van der Waals surface area contributed by atoms with Crippen molar-refractivity contribution in [2.75, 3.05) is 51.3 Å². The van der Waals surface area contributed by atoms with Crippen LogP contribution in [0.15, 0.2) is 65.5 Å². The van der Waals surface area contributed by atoms with Crippen molar-refractivity contribution in [1.82, 2.24) is 14.9 Å². The van der Waals surface area contributed by atoms with Gasteiger partial charge in [0.25, 0.3) is 0 Å². The number of benzene rings is 2. The molecule has 1 fully saturated rings. The number of H-pyrrole nitrogens is 1. The highest BCUT2D eigenvalue weighted by Gasteiger charge is 2.18. The normalized spacial score (nSPS) is 14.6. The molecule has 0 amide bonds. The third-order valence-corrected chi connectivity index (χ3v) is 6.45. The molecular formula is C27H30N4O3. The molecule has 0 aliphatic carbocycles. The van der Waals surface area contributed by atoms with Gasteiger partial charge >= 0.3 is 0 Å². The van der Waals surface area contributed by atoms with Crippen LogP contribution in [0.1, 0.15) is 12.8 Å². The number of aromatic nitrogens is 2. The first-order valence-electron chi connectivity index (χ1n) is 11.9. The fourth-order valence-electron chi connectivity index (χ4n) is 4.56. The standard InChI is InChI=1S/C27H30N4O3/c1-33-22-9-10-23-21(19-22)5-4-6-24(23)31-16-14-30(15-17-31)13-2-3-18-34-26-12-8-20-7-11-25(32)28-27(20)29-26/h4-12,19H,2-3,13-18H2,1H3,(H,28,29,32). The van der Waals surface area contributed by atoms with Crippen molar-refractivity contribution in [1.29, 1.82) is 0 Å². The summed E-state index contributed by atoms with van der Waals surface area (Å²) in [5.41, 5.74) is 1.71. The van der Waals surface area contributed by atoms with Crippen molar-refractivity contribution in [2.45, 2.75) is 12.8 Å². The second kappa shape index (κ2) is 10.1. The predicted octanol–water partition coefficient (Wildman–Crippen LogP) is 4.07. The number of ether oxygens (including phenoxy) is 2. The zero-order valence-electron chi connectivity index (χ0n) is 19.5. The highest BCUT2D eigenvalue weighted by molar-refractivity contribution is 5.95. The summed E-state index contributed by atoms with van der Waals surface area (Å²) in [6, 6.07) is 19.8. The monoisotopic (exact) mass is 458 g/mol. The summed E-state index contributed by atoms with van der Waals surface area (Å²) in [6.07, 6.45) is 2.05. The van der Waals surface area contributed by atoms with Crippen LogP contribution >= 0.6 is 0 Å². The Labute approximate surface area is 198 Å². The summed E-state index contributed by atoms with van der Waals surface area (Å²) in [5, 5.41) is 3.39. The van der Waals surface area contributed by atoms with Gasteiger partial charge in [-0.25, -0.2) is 0 Å². The quantitative estimate of drug-likeness (QED) is 0.402. The van der Waals surface area contributed by atoms with Crippen LogP contribution in [0, 0.1) is 0 Å². The number of fused-ring (bicyclic) bond motifs is 2. The molecule has 7 nitrogen and oxygen atoms in total. The summed E-state index contributed by atoms with van der Waals surface area (Å²) in [6.45, 7) is 5.87. The fraction of sp³-hybridized carbons (Fsp3) is 0.333. The molecule has 0 saturated carbocycles. The number of piperazine rings is 1. The lowest BCUT2D eigenvalue weighted by atomic mass is 10.1. The van der Waals surface area contributed by atoms with Crippen LogP contribution < -0.4 is 19.9 Å². The van der Waals surface area contributed by atoms with Gasteiger partial charge in [0, 0.05) is 54.8 Å². The minimum absolute atomic E-state index is 0.155. The second-order valence-corrected chi connectivity index (χ2v) is 8.66. The van der Waals surface area contributed by atoms with Crippen LogP contribution in [-0.2, 0) is 0 Å². The molecule has 0 unspecified atom stereocenters. The molecular weight excluding hydrogens is 428 g/mol. The molecule has 0 spiro atoms. The maximum Gasteiger partial charge on any atom is 0.249 e. The van der Waals surface area contributed by atoms with E-state index in [0.29, 0.717) is 18.1 Å². The maximum absolute atomic E-state index is 11.5. The van der Waals surface area contributed by atoms with Gasteiger partial charge in [-0.1, -0.05) is 12.1 Å². The Bertz CT molecular complexity index is 1330. The maximum atomic E-state index is 11.5. The molecule has 1 aliphatic heterocycles. The molecule has 4 aromatic rings. The van der Waals surface area contributed by atoms with Crippen LogP contribution in [0.2, 0.25) is 0 Å². The lowest BCUT2D eigenvalue weighted by molar-refractivity contribution is 0.237. The second-order valence-electron chi connectivity index (χ2n) is 8.66. The van der Waals surface area contributed by atoms with E-state index < -0.39 is 0 Å². The number of aromatic amines is 1. The van der Waals surface area contributed by atoms with E-state index in [9.17, 15) is 4.79 Å². The average Bonchev–Trinajstić information content (AvgIpc) is 2.88. The summed E-state index contributed by atoms with van der Waals surface area (Å²) >= 11 is 0. The Morgan fingerprint density at radius 2 is 1.79 bits per heavy atom. The van der Waals surface area contributed by atoms with Crippen molar-refractivity contribution >= 4 is 27.5 Å². The Morgan fingerprint density at radius 3 is 2.65 bits per heavy atom. The van der Waals surface area contributed by atoms with Gasteiger partial charge in [-0.05, 0) is 61.2 Å². The first-order chi connectivity index (χ1) is 16.7. The Balaban J connectivity index is 1.07. The summed E-state index contributed by atoms with van der Waals surface area (Å²) in [4.78, 5) is 23.6. The van der Waals surface area contributed by atoms with E-state index in [2.05, 4.69) is 50.1 Å². The van der Waals surface area contributed by atoms with E-state index in [1.807, 2.05) is 18.2 Å². The van der Waals surface area contributed by atoms with Gasteiger partial charge in [0.2, 0.25) is 11.4 Å². The van der Waals surface area contributed by atoms with Crippen LogP contribution in [0.25, 0.3) is 21.8 Å². The molecule has 0 bridgehead atoms. The van der Waals surface area contributed by atoms with E-state index in [1.165, 1.54) is 22.5 Å². The summed E-state index contributed by atoms with van der Waals surface area (Å²) < 4.78 is 11.2. The SMILES string of the molecule is COc1ccc2c(N3CCN(CCCCOc4ccc5ccc(=O)[nH]c5n4)CC3)cccc2c1. The lowest BCUT2D eigenvalue weighted by Gasteiger charge is -2.36. The van der Waals surface area contributed by atoms with E-state index in [0.717, 1.165) is 56.7 Å². The summed E-state index contributed by atoms with van der Waals surface area (Å²) in [7, 11) is 1.71. The molecule has 7 heteroatoms. The average molecular weight is 459 g/mol. The molecule has 2 aromatic heterocycles. The van der Waals surface area contributed by atoms with Crippen LogP contribution in [0.5, 0.6) is 11.6 Å². The fourth-order valence-corrected chi connectivity index (χ4v) is 4.56. The lowest BCUT2D eigenvalue weighted by Crippen LogP contribution is -2.46. The van der Waals surface area contributed by atoms with Gasteiger partial charge in [-0.3, -0.25) is 9.69 Å². The number of hydrogen-bond acceptors (Lipinski definition) is 6. The van der Waals surface area contributed by atoms with Gasteiger partial charge in [-0.15, -0.1) is 0 Å². The zero-order chi connectivity index (χ0) is 23.3. The Hall–Kier alpha value is -3.58. The number of nitrogens with zero attached hydrogens (tertiary/aromatic N) is 3. The number of methoxy groups -OCH3 is 1. The molecule has 5 rings (SSSR count). The zero-order valence-corrected chi connectivity index (χ0v) is 19.5. The third kappa shape index (κ3) is 4.99. The highest BCUT2D eigenvalue weighted by Crippen LogP contribution is 2.30. The first-order valence-corrected chi connectivity index (χ1v) is 11.9. The molecule has 1 N–H and O–H groups in total. The highest BCUT2D eigenvalue weighted by atomic mass is 16.5. The molecule has 0 radical (unpaired) electrons. The molecule has 176 valence electrons. The number of unbranched alkanes of at least 4 members (excludes halogenated alkanes) is 1. The third-order valence-electron chi connectivity index (χ3n) is 6.45. The van der Waals surface area contributed by atoms with Crippen LogP contribution in [0.3, 0.4) is 0 Å². The van der Waals surface area contributed by atoms with E-state index in [1.54, 1.807) is 13.2 Å². The molecule has 34 heavy (non-hydrogen) atoms. The number of hydrogen-bond donors (Lipinski definition) is 1. The van der Waals surface area contributed by atoms with E-state index in [4.69, 9.17) is 9.47 Å². The van der Waals surface area contributed by atoms with Gasteiger partial charge in [0.15, 0.2) is 0 Å². The van der Waals surface area contributed by atoms with Crippen molar-refractivity contribution in [2.24, 2.45) is 0 Å². The van der Waals surface area contributed by atoms with Gasteiger partial charge in [-0.2, -0.15) is 4.98 Å². The molecule has 1 aliphatic rings. The number of nitrogens with one attached hydrogen (secondary N) is 1. The minimum Gasteiger partial charge on any atom is -0.497 e. The Morgan fingerprint density at radius 1 is 0.941 bits per heavy atom. The van der Waals surface area contributed by atoms with Crippen molar-refractivity contribution < 1.29 is 9.47 Å². The van der Waals surface area contributed by atoms with E-state index in [-0.39, 0.29) is 5.56 Å². The number of anilines is 1. The molecule has 3 heterocycles. The van der Waals surface area contributed by atoms with Crippen molar-refractivity contribution in [3.8, 4) is 11.6 Å². The van der Waals surface area contributed by atoms with Crippen LogP contribution in [-0.4, -0.2) is 61.3 Å². The largest absolute Gasteiger partial charge is 0.497 e. The Kier molecular flexibility index (Phi) is 6.62. The molecule has 1 saturated heterocycles. The number of pyridine rings is 2. The number of rotatable bonds is 8. The van der Waals surface area contributed by atoms with Gasteiger partial charge in [0.05, 0.1) is 13.7 Å².